The minimum atomic E-state index is -0.182. The molecule has 1 aromatic heterocycles. The minimum Gasteiger partial charge on any atom is -0.497 e. The van der Waals surface area contributed by atoms with E-state index in [0.29, 0.717) is 28.8 Å². The van der Waals surface area contributed by atoms with Crippen LogP contribution in [0, 0.1) is 6.92 Å². The lowest BCUT2D eigenvalue weighted by Gasteiger charge is -2.08. The average Bonchev–Trinajstić information content (AvgIpc) is 3.10. The number of halogens is 1. The SMILES string of the molecule is COc1ccc(NC(=O)Cc2csc(COc3ccc(C)cc3)n2)c(Cl)c1. The van der Waals surface area contributed by atoms with Crippen LogP contribution >= 0.6 is 22.9 Å². The summed E-state index contributed by atoms with van der Waals surface area (Å²) in [4.78, 5) is 16.7. The van der Waals surface area contributed by atoms with Crippen LogP contribution in [0.3, 0.4) is 0 Å². The number of hydrogen-bond donors (Lipinski definition) is 1. The van der Waals surface area contributed by atoms with Gasteiger partial charge in [0.25, 0.3) is 0 Å². The summed E-state index contributed by atoms with van der Waals surface area (Å²) in [6, 6.07) is 13.0. The number of carbonyl (C=O) groups excluding carboxylic acids is 1. The van der Waals surface area contributed by atoms with Gasteiger partial charge in [-0.1, -0.05) is 29.3 Å². The predicted molar refractivity (Wildman–Crippen MR) is 108 cm³/mol. The summed E-state index contributed by atoms with van der Waals surface area (Å²) in [5, 5.41) is 5.90. The summed E-state index contributed by atoms with van der Waals surface area (Å²) >= 11 is 7.61. The number of carbonyl (C=O) groups is 1. The number of nitrogens with one attached hydrogen (secondary N) is 1. The van der Waals surface area contributed by atoms with Crippen molar-refractivity contribution in [2.45, 2.75) is 20.0 Å². The van der Waals surface area contributed by atoms with Crippen LogP contribution in [0.5, 0.6) is 11.5 Å². The van der Waals surface area contributed by atoms with Gasteiger partial charge in [-0.2, -0.15) is 0 Å². The monoisotopic (exact) mass is 402 g/mol. The van der Waals surface area contributed by atoms with Gasteiger partial charge < -0.3 is 14.8 Å². The lowest BCUT2D eigenvalue weighted by atomic mass is 10.2. The van der Waals surface area contributed by atoms with E-state index in [-0.39, 0.29) is 12.3 Å². The fourth-order valence-corrected chi connectivity index (χ4v) is 3.28. The smallest absolute Gasteiger partial charge is 0.230 e. The summed E-state index contributed by atoms with van der Waals surface area (Å²) in [6.45, 7) is 2.40. The first-order valence-electron chi connectivity index (χ1n) is 8.29. The Morgan fingerprint density at radius 1 is 1.19 bits per heavy atom. The van der Waals surface area contributed by atoms with E-state index in [4.69, 9.17) is 21.1 Å². The van der Waals surface area contributed by atoms with Crippen molar-refractivity contribution < 1.29 is 14.3 Å². The maximum Gasteiger partial charge on any atom is 0.230 e. The lowest BCUT2D eigenvalue weighted by molar-refractivity contribution is -0.115. The predicted octanol–water partition coefficient (Wildman–Crippen LogP) is 4.87. The van der Waals surface area contributed by atoms with Crippen molar-refractivity contribution in [3.63, 3.8) is 0 Å². The number of nitrogens with zero attached hydrogens (tertiary/aromatic N) is 1. The molecule has 0 aliphatic carbocycles. The van der Waals surface area contributed by atoms with Gasteiger partial charge in [0.2, 0.25) is 5.91 Å². The highest BCUT2D eigenvalue weighted by Crippen LogP contribution is 2.26. The van der Waals surface area contributed by atoms with E-state index in [1.54, 1.807) is 25.3 Å². The molecule has 0 aliphatic rings. The van der Waals surface area contributed by atoms with Crippen molar-refractivity contribution in [3.05, 3.63) is 69.1 Å². The number of anilines is 1. The van der Waals surface area contributed by atoms with Gasteiger partial charge in [-0.25, -0.2) is 4.98 Å². The van der Waals surface area contributed by atoms with Crippen LogP contribution in [0.4, 0.5) is 5.69 Å². The van der Waals surface area contributed by atoms with Crippen molar-refractivity contribution >= 4 is 34.5 Å². The Balaban J connectivity index is 1.53. The molecule has 0 saturated heterocycles. The summed E-state index contributed by atoms with van der Waals surface area (Å²) < 4.78 is 10.8. The van der Waals surface area contributed by atoms with Crippen molar-refractivity contribution in [2.75, 3.05) is 12.4 Å². The Hall–Kier alpha value is -2.57. The second-order valence-electron chi connectivity index (χ2n) is 5.91. The molecule has 2 aromatic carbocycles. The minimum absolute atomic E-state index is 0.170. The Bertz CT molecular complexity index is 925. The number of hydrogen-bond acceptors (Lipinski definition) is 5. The summed E-state index contributed by atoms with van der Waals surface area (Å²) in [6.07, 6.45) is 0.170. The topological polar surface area (TPSA) is 60.5 Å². The number of thiazole rings is 1. The fourth-order valence-electron chi connectivity index (χ4n) is 2.36. The summed E-state index contributed by atoms with van der Waals surface area (Å²) in [5.41, 5.74) is 2.42. The van der Waals surface area contributed by atoms with E-state index >= 15 is 0 Å². The number of ether oxygens (including phenoxy) is 2. The zero-order valence-electron chi connectivity index (χ0n) is 15.0. The highest BCUT2D eigenvalue weighted by Gasteiger charge is 2.11. The molecule has 0 unspecified atom stereocenters. The number of methoxy groups -OCH3 is 1. The quantitative estimate of drug-likeness (QED) is 0.612. The van der Waals surface area contributed by atoms with Crippen LogP contribution < -0.4 is 14.8 Å². The third kappa shape index (κ3) is 5.45. The number of aryl methyl sites for hydroxylation is 1. The van der Waals surface area contributed by atoms with Gasteiger partial charge in [0.15, 0.2) is 0 Å². The highest BCUT2D eigenvalue weighted by atomic mass is 35.5. The van der Waals surface area contributed by atoms with Crippen LogP contribution in [-0.2, 0) is 17.8 Å². The molecule has 0 atom stereocenters. The fraction of sp³-hybridized carbons (Fsp3) is 0.200. The van der Waals surface area contributed by atoms with Crippen molar-refractivity contribution in [1.29, 1.82) is 0 Å². The molecule has 140 valence electrons. The third-order valence-electron chi connectivity index (χ3n) is 3.77. The molecule has 1 heterocycles. The molecule has 7 heteroatoms. The molecular weight excluding hydrogens is 384 g/mol. The summed E-state index contributed by atoms with van der Waals surface area (Å²) in [7, 11) is 1.56. The number of benzene rings is 2. The van der Waals surface area contributed by atoms with Crippen LogP contribution in [0.15, 0.2) is 47.8 Å². The van der Waals surface area contributed by atoms with Crippen molar-refractivity contribution in [3.8, 4) is 11.5 Å². The first-order valence-corrected chi connectivity index (χ1v) is 9.55. The molecule has 0 spiro atoms. The number of amides is 1. The molecule has 3 rings (SSSR count). The Kier molecular flexibility index (Phi) is 6.32. The van der Waals surface area contributed by atoms with E-state index in [1.165, 1.54) is 16.9 Å². The second kappa shape index (κ2) is 8.88. The van der Waals surface area contributed by atoms with Gasteiger partial charge in [-0.3, -0.25) is 4.79 Å². The lowest BCUT2D eigenvalue weighted by Crippen LogP contribution is -2.15. The Morgan fingerprint density at radius 3 is 2.63 bits per heavy atom. The normalized spacial score (nSPS) is 10.5. The molecule has 0 radical (unpaired) electrons. The highest BCUT2D eigenvalue weighted by molar-refractivity contribution is 7.09. The molecule has 1 amide bonds. The molecule has 5 nitrogen and oxygen atoms in total. The molecule has 1 N–H and O–H groups in total. The first-order chi connectivity index (χ1) is 13.0. The molecule has 0 saturated carbocycles. The first kappa shape index (κ1) is 19.2. The van der Waals surface area contributed by atoms with E-state index in [0.717, 1.165) is 10.8 Å². The van der Waals surface area contributed by atoms with Crippen LogP contribution in [0.1, 0.15) is 16.3 Å². The maximum absolute atomic E-state index is 12.2. The molecular formula is C20H19ClN2O3S. The van der Waals surface area contributed by atoms with Gasteiger partial charge in [0.05, 0.1) is 29.9 Å². The molecule has 27 heavy (non-hydrogen) atoms. The Morgan fingerprint density at radius 2 is 1.93 bits per heavy atom. The number of rotatable bonds is 7. The van der Waals surface area contributed by atoms with Crippen LogP contribution in [0.25, 0.3) is 0 Å². The van der Waals surface area contributed by atoms with Gasteiger partial charge in [-0.05, 0) is 31.2 Å². The van der Waals surface area contributed by atoms with Crippen LogP contribution in [-0.4, -0.2) is 18.0 Å². The van der Waals surface area contributed by atoms with E-state index < -0.39 is 0 Å². The third-order valence-corrected chi connectivity index (χ3v) is 4.96. The summed E-state index contributed by atoms with van der Waals surface area (Å²) in [5.74, 6) is 1.25. The molecule has 0 bridgehead atoms. The largest absolute Gasteiger partial charge is 0.497 e. The number of aromatic nitrogens is 1. The van der Waals surface area contributed by atoms with Crippen molar-refractivity contribution in [2.24, 2.45) is 0 Å². The van der Waals surface area contributed by atoms with Gasteiger partial charge in [0.1, 0.15) is 23.1 Å². The molecule has 3 aromatic rings. The van der Waals surface area contributed by atoms with Gasteiger partial charge in [-0.15, -0.1) is 11.3 Å². The average molecular weight is 403 g/mol. The van der Waals surface area contributed by atoms with Crippen LogP contribution in [0.2, 0.25) is 5.02 Å². The molecule has 0 aliphatic heterocycles. The van der Waals surface area contributed by atoms with Gasteiger partial charge in [0, 0.05) is 11.4 Å². The van der Waals surface area contributed by atoms with E-state index in [1.807, 2.05) is 36.6 Å². The van der Waals surface area contributed by atoms with Gasteiger partial charge >= 0.3 is 0 Å². The van der Waals surface area contributed by atoms with E-state index in [9.17, 15) is 4.79 Å². The Labute approximate surface area is 166 Å². The second-order valence-corrected chi connectivity index (χ2v) is 7.25. The van der Waals surface area contributed by atoms with Crippen molar-refractivity contribution in [1.82, 2.24) is 4.98 Å². The zero-order chi connectivity index (χ0) is 19.2. The standard InChI is InChI=1S/C20H19ClN2O3S/c1-13-3-5-15(6-4-13)26-11-20-22-14(12-27-20)9-19(24)23-18-8-7-16(25-2)10-17(18)21/h3-8,10,12H,9,11H2,1-2H3,(H,23,24). The zero-order valence-corrected chi connectivity index (χ0v) is 16.6. The van der Waals surface area contributed by atoms with E-state index in [2.05, 4.69) is 10.3 Å². The maximum atomic E-state index is 12.2. The molecule has 0 fully saturated rings.